The van der Waals surface area contributed by atoms with Crippen molar-refractivity contribution in [3.63, 3.8) is 0 Å². The summed E-state index contributed by atoms with van der Waals surface area (Å²) < 4.78 is 1.82. The maximum atomic E-state index is 11.5. The highest BCUT2D eigenvalue weighted by molar-refractivity contribution is 5.95. The number of aryl methyl sites for hydroxylation is 1. The zero-order chi connectivity index (χ0) is 14.3. The molecule has 1 aliphatic rings. The molecule has 1 aromatic heterocycles. The molecule has 1 aromatic carbocycles. The standard InChI is InChI=1S/C16H18N2O2/c1-10-5-3-4-6-13(10)15-14(16(19)20)9-18(17-15)11(2)12-7-8-12/h3-6,9,11-12H,7-8H2,1-2H3,(H,19,20). The van der Waals surface area contributed by atoms with E-state index in [9.17, 15) is 9.90 Å². The Bertz CT molecular complexity index is 656. The fraction of sp³-hybridized carbons (Fsp3) is 0.375. The zero-order valence-corrected chi connectivity index (χ0v) is 11.7. The number of rotatable bonds is 4. The summed E-state index contributed by atoms with van der Waals surface area (Å²) in [6, 6.07) is 8.03. The van der Waals surface area contributed by atoms with Gasteiger partial charge in [0.05, 0.1) is 6.04 Å². The highest BCUT2D eigenvalue weighted by atomic mass is 16.4. The molecule has 0 radical (unpaired) electrons. The Kier molecular flexibility index (Phi) is 3.08. The van der Waals surface area contributed by atoms with Crippen LogP contribution < -0.4 is 0 Å². The molecule has 1 saturated carbocycles. The van der Waals surface area contributed by atoms with Gasteiger partial charge in [-0.05, 0) is 38.2 Å². The fourth-order valence-electron chi connectivity index (χ4n) is 2.59. The van der Waals surface area contributed by atoms with E-state index in [-0.39, 0.29) is 11.6 Å². The van der Waals surface area contributed by atoms with Gasteiger partial charge in [0, 0.05) is 11.8 Å². The summed E-state index contributed by atoms with van der Waals surface area (Å²) in [6.07, 6.45) is 4.10. The minimum Gasteiger partial charge on any atom is -0.478 e. The summed E-state index contributed by atoms with van der Waals surface area (Å²) in [5, 5.41) is 14.0. The van der Waals surface area contributed by atoms with Crippen molar-refractivity contribution in [1.82, 2.24) is 9.78 Å². The van der Waals surface area contributed by atoms with Gasteiger partial charge in [0.1, 0.15) is 11.3 Å². The van der Waals surface area contributed by atoms with E-state index in [1.54, 1.807) is 6.20 Å². The Morgan fingerprint density at radius 1 is 1.40 bits per heavy atom. The SMILES string of the molecule is Cc1ccccc1-c1nn(C(C)C2CC2)cc1C(=O)O. The lowest BCUT2D eigenvalue weighted by Crippen LogP contribution is -2.07. The fourth-order valence-corrected chi connectivity index (χ4v) is 2.59. The van der Waals surface area contributed by atoms with Gasteiger partial charge in [0.2, 0.25) is 0 Å². The van der Waals surface area contributed by atoms with Gasteiger partial charge in [-0.25, -0.2) is 4.79 Å². The van der Waals surface area contributed by atoms with Gasteiger partial charge in [-0.15, -0.1) is 0 Å². The molecule has 0 saturated heterocycles. The van der Waals surface area contributed by atoms with Crippen molar-refractivity contribution < 1.29 is 9.90 Å². The summed E-state index contributed by atoms with van der Waals surface area (Å²) in [4.78, 5) is 11.5. The predicted molar refractivity (Wildman–Crippen MR) is 76.8 cm³/mol. The molecule has 1 N–H and O–H groups in total. The molecule has 0 aliphatic heterocycles. The molecule has 1 heterocycles. The van der Waals surface area contributed by atoms with Crippen LogP contribution in [-0.2, 0) is 0 Å². The molecular formula is C16H18N2O2. The smallest absolute Gasteiger partial charge is 0.339 e. The van der Waals surface area contributed by atoms with Crippen molar-refractivity contribution >= 4 is 5.97 Å². The third-order valence-corrected chi connectivity index (χ3v) is 4.08. The molecule has 1 unspecified atom stereocenters. The summed E-state index contributed by atoms with van der Waals surface area (Å²) in [6.45, 7) is 4.09. The van der Waals surface area contributed by atoms with E-state index in [0.29, 0.717) is 11.6 Å². The summed E-state index contributed by atoms with van der Waals surface area (Å²) in [5.41, 5.74) is 2.79. The highest BCUT2D eigenvalue weighted by Crippen LogP contribution is 2.40. The van der Waals surface area contributed by atoms with Gasteiger partial charge in [-0.2, -0.15) is 5.10 Å². The van der Waals surface area contributed by atoms with Crippen LogP contribution in [-0.4, -0.2) is 20.9 Å². The number of carboxylic acid groups (broad SMARTS) is 1. The maximum Gasteiger partial charge on any atom is 0.339 e. The average Bonchev–Trinajstić information content (AvgIpc) is 3.17. The predicted octanol–water partition coefficient (Wildman–Crippen LogP) is 3.53. The Morgan fingerprint density at radius 2 is 2.10 bits per heavy atom. The van der Waals surface area contributed by atoms with E-state index in [0.717, 1.165) is 11.1 Å². The van der Waals surface area contributed by atoms with Crippen molar-refractivity contribution in [2.45, 2.75) is 32.7 Å². The molecule has 4 heteroatoms. The van der Waals surface area contributed by atoms with E-state index in [1.807, 2.05) is 35.9 Å². The van der Waals surface area contributed by atoms with Crippen LogP contribution in [0.5, 0.6) is 0 Å². The van der Waals surface area contributed by atoms with E-state index in [1.165, 1.54) is 12.8 Å². The number of aromatic nitrogens is 2. The Balaban J connectivity index is 2.09. The number of nitrogens with zero attached hydrogens (tertiary/aromatic N) is 2. The molecule has 1 atom stereocenters. The Labute approximate surface area is 118 Å². The summed E-state index contributed by atoms with van der Waals surface area (Å²) >= 11 is 0. The quantitative estimate of drug-likeness (QED) is 0.924. The van der Waals surface area contributed by atoms with Gasteiger partial charge in [0.25, 0.3) is 0 Å². The van der Waals surface area contributed by atoms with Crippen LogP contribution in [0.25, 0.3) is 11.3 Å². The Morgan fingerprint density at radius 3 is 2.70 bits per heavy atom. The van der Waals surface area contributed by atoms with Crippen LogP contribution in [0.4, 0.5) is 0 Å². The van der Waals surface area contributed by atoms with Crippen LogP contribution in [0.2, 0.25) is 0 Å². The van der Waals surface area contributed by atoms with Gasteiger partial charge >= 0.3 is 5.97 Å². The molecular weight excluding hydrogens is 252 g/mol. The zero-order valence-electron chi connectivity index (χ0n) is 11.7. The second-order valence-electron chi connectivity index (χ2n) is 5.57. The van der Waals surface area contributed by atoms with Crippen LogP contribution in [0.1, 0.15) is 41.7 Å². The summed E-state index contributed by atoms with van der Waals surface area (Å²) in [7, 11) is 0. The van der Waals surface area contributed by atoms with Gasteiger partial charge in [0.15, 0.2) is 0 Å². The molecule has 4 nitrogen and oxygen atoms in total. The lowest BCUT2D eigenvalue weighted by Gasteiger charge is -2.10. The third kappa shape index (κ3) is 2.22. The molecule has 0 amide bonds. The highest BCUT2D eigenvalue weighted by Gasteiger charge is 2.31. The number of aromatic carboxylic acids is 1. The van der Waals surface area contributed by atoms with Crippen LogP contribution in [0, 0.1) is 12.8 Å². The molecule has 1 aliphatic carbocycles. The first kappa shape index (κ1) is 12.9. The summed E-state index contributed by atoms with van der Waals surface area (Å²) in [5.74, 6) is -0.279. The molecule has 0 bridgehead atoms. The van der Waals surface area contributed by atoms with Crippen LogP contribution >= 0.6 is 0 Å². The number of carbonyl (C=O) groups is 1. The molecule has 3 rings (SSSR count). The van der Waals surface area contributed by atoms with E-state index in [2.05, 4.69) is 12.0 Å². The Hall–Kier alpha value is -2.10. The van der Waals surface area contributed by atoms with E-state index >= 15 is 0 Å². The second kappa shape index (κ2) is 4.78. The first-order valence-electron chi connectivity index (χ1n) is 6.96. The maximum absolute atomic E-state index is 11.5. The first-order chi connectivity index (χ1) is 9.58. The molecule has 0 spiro atoms. The van der Waals surface area contributed by atoms with Crippen molar-refractivity contribution in [3.8, 4) is 11.3 Å². The van der Waals surface area contributed by atoms with Crippen molar-refractivity contribution in [3.05, 3.63) is 41.6 Å². The van der Waals surface area contributed by atoms with Gasteiger partial charge < -0.3 is 5.11 Å². The minimum atomic E-state index is -0.919. The van der Waals surface area contributed by atoms with Gasteiger partial charge in [-0.3, -0.25) is 4.68 Å². The normalized spacial score (nSPS) is 16.1. The lowest BCUT2D eigenvalue weighted by molar-refractivity contribution is 0.0697. The third-order valence-electron chi connectivity index (χ3n) is 4.08. The number of carboxylic acids is 1. The topological polar surface area (TPSA) is 55.1 Å². The van der Waals surface area contributed by atoms with Crippen LogP contribution in [0.3, 0.4) is 0 Å². The minimum absolute atomic E-state index is 0.269. The monoisotopic (exact) mass is 270 g/mol. The van der Waals surface area contributed by atoms with Crippen molar-refractivity contribution in [1.29, 1.82) is 0 Å². The molecule has 104 valence electrons. The number of benzene rings is 1. The molecule has 20 heavy (non-hydrogen) atoms. The first-order valence-corrected chi connectivity index (χ1v) is 6.96. The van der Waals surface area contributed by atoms with Gasteiger partial charge in [-0.1, -0.05) is 24.3 Å². The average molecular weight is 270 g/mol. The molecule has 1 fully saturated rings. The lowest BCUT2D eigenvalue weighted by atomic mass is 10.0. The van der Waals surface area contributed by atoms with Crippen LogP contribution in [0.15, 0.2) is 30.5 Å². The van der Waals surface area contributed by atoms with Crippen molar-refractivity contribution in [2.24, 2.45) is 5.92 Å². The van der Waals surface area contributed by atoms with E-state index in [4.69, 9.17) is 0 Å². The number of hydrogen-bond acceptors (Lipinski definition) is 2. The second-order valence-corrected chi connectivity index (χ2v) is 5.57. The largest absolute Gasteiger partial charge is 0.478 e. The number of hydrogen-bond donors (Lipinski definition) is 1. The van der Waals surface area contributed by atoms with E-state index < -0.39 is 5.97 Å². The molecule has 2 aromatic rings. The van der Waals surface area contributed by atoms with Crippen molar-refractivity contribution in [2.75, 3.05) is 0 Å².